The van der Waals surface area contributed by atoms with Crippen molar-refractivity contribution in [1.29, 1.82) is 0 Å². The largest absolute Gasteiger partial charge is 0.462 e. The zero-order chi connectivity index (χ0) is 53.3. The van der Waals surface area contributed by atoms with Gasteiger partial charge < -0.3 is 61.5 Å². The van der Waals surface area contributed by atoms with Crippen LogP contribution in [0.15, 0.2) is 24.3 Å². The van der Waals surface area contributed by atoms with Crippen LogP contribution in [-0.4, -0.2) is 159 Å². The van der Waals surface area contributed by atoms with Crippen molar-refractivity contribution < 1.29 is 61.4 Å². The molecule has 4 heterocycles. The van der Waals surface area contributed by atoms with E-state index in [4.69, 9.17) is 46.4 Å². The molecule has 4 aliphatic rings. The molecule has 70 heavy (non-hydrogen) atoms. The first-order valence-electron chi connectivity index (χ1n) is 26.3. The molecule has 408 valence electrons. The summed E-state index contributed by atoms with van der Waals surface area (Å²) in [5.74, 6) is -0.641. The van der Waals surface area contributed by atoms with Crippen LogP contribution in [0.2, 0.25) is 54.4 Å². The minimum Gasteiger partial charge on any atom is -0.462 e. The van der Waals surface area contributed by atoms with Gasteiger partial charge in [0.15, 0.2) is 37.5 Å². The lowest BCUT2D eigenvalue weighted by atomic mass is 9.83. The van der Waals surface area contributed by atoms with Gasteiger partial charge in [-0.05, 0) is 114 Å². The van der Waals surface area contributed by atoms with Crippen molar-refractivity contribution >= 4 is 30.9 Å². The van der Waals surface area contributed by atoms with Crippen molar-refractivity contribution in [1.82, 2.24) is 4.90 Å². The lowest BCUT2D eigenvalue weighted by Crippen LogP contribution is -2.68. The standard InChI is InChI=1S/C53H101NO13Si3/c1-33-29-37-30-41(66-69(20,21)51(8,9)10)62-39(31-40(55)59-34(2)27-25-24-26-28-38(33)65-68(18,19)50(5,6)7)46(58-17)45(37)64-49-47(67-70(22,23)52(11,12)13)43(54(15)16)44(35(3)61-49)63-42-32-53(14,57)48(56)36(4)60-42/h24-26,28,33-39,41-49,56-57H,27,29-32H2,1-23H3/b25-24+,28-26+/t33-,34-,35+,36-,37-,38+,39-,41?,42-,43-,44+,45+,46+,47+,48-,49-,53+/m1/s1. The van der Waals surface area contributed by atoms with Gasteiger partial charge in [0.25, 0.3) is 0 Å². The molecule has 0 aromatic heterocycles. The number of carbonyl (C=O) groups is 1. The normalized spacial score (nSPS) is 39.4. The lowest BCUT2D eigenvalue weighted by molar-refractivity contribution is -0.341. The average molecular weight is 1040 g/mol. The van der Waals surface area contributed by atoms with Crippen LogP contribution in [0, 0.1) is 11.8 Å². The second-order valence-electron chi connectivity index (χ2n) is 26.3. The number of esters is 1. The number of hydrogen-bond donors (Lipinski definition) is 2. The highest BCUT2D eigenvalue weighted by Crippen LogP contribution is 2.46. The summed E-state index contributed by atoms with van der Waals surface area (Å²) in [4.78, 5) is 16.2. The molecule has 0 amide bonds. The highest BCUT2D eigenvalue weighted by Gasteiger charge is 2.56. The quantitative estimate of drug-likeness (QED) is 0.141. The van der Waals surface area contributed by atoms with Crippen molar-refractivity contribution in [2.45, 2.75) is 275 Å². The Balaban J connectivity index is 1.95. The molecule has 2 N–H and O–H groups in total. The first-order chi connectivity index (χ1) is 31.8. The van der Waals surface area contributed by atoms with Crippen LogP contribution in [0.3, 0.4) is 0 Å². The van der Waals surface area contributed by atoms with Crippen LogP contribution in [0.4, 0.5) is 0 Å². The van der Waals surface area contributed by atoms with Crippen LogP contribution < -0.4 is 0 Å². The minimum absolute atomic E-state index is 0.000593. The summed E-state index contributed by atoms with van der Waals surface area (Å²) in [6.45, 7) is 43.1. The van der Waals surface area contributed by atoms with Gasteiger partial charge in [-0.3, -0.25) is 4.79 Å². The van der Waals surface area contributed by atoms with Gasteiger partial charge in [0.05, 0.1) is 48.6 Å². The number of hydrogen-bond acceptors (Lipinski definition) is 14. The van der Waals surface area contributed by atoms with Crippen LogP contribution in [-0.2, 0) is 51.2 Å². The third-order valence-corrected chi connectivity index (χ3v) is 30.3. The summed E-state index contributed by atoms with van der Waals surface area (Å²) in [7, 11) is -1.63. The first-order valence-corrected chi connectivity index (χ1v) is 35.0. The molecule has 0 aliphatic carbocycles. The van der Waals surface area contributed by atoms with Crippen LogP contribution >= 0.6 is 0 Å². The van der Waals surface area contributed by atoms with Gasteiger partial charge in [-0.25, -0.2) is 0 Å². The Morgan fingerprint density at radius 1 is 0.714 bits per heavy atom. The minimum atomic E-state index is -2.59. The molecule has 4 aliphatic heterocycles. The molecule has 0 saturated carbocycles. The molecule has 2 bridgehead atoms. The Bertz CT molecular complexity index is 1740. The maximum Gasteiger partial charge on any atom is 0.308 e. The van der Waals surface area contributed by atoms with E-state index in [1.54, 1.807) is 21.0 Å². The Morgan fingerprint density at radius 3 is 1.83 bits per heavy atom. The van der Waals surface area contributed by atoms with Gasteiger partial charge in [-0.1, -0.05) is 93.5 Å². The third kappa shape index (κ3) is 15.4. The second-order valence-corrected chi connectivity index (χ2v) is 40.5. The fraction of sp³-hybridized carbons (Fsp3) is 0.906. The fourth-order valence-electron chi connectivity index (χ4n) is 9.38. The van der Waals surface area contributed by atoms with E-state index in [1.165, 1.54) is 0 Å². The van der Waals surface area contributed by atoms with E-state index < -0.39 is 110 Å². The molecule has 4 rings (SSSR count). The number of ether oxygens (including phenoxy) is 7. The molecule has 14 nitrogen and oxygen atoms in total. The Hall–Kier alpha value is -0.879. The van der Waals surface area contributed by atoms with E-state index in [-0.39, 0.29) is 52.0 Å². The smallest absolute Gasteiger partial charge is 0.308 e. The van der Waals surface area contributed by atoms with E-state index in [0.717, 1.165) is 0 Å². The van der Waals surface area contributed by atoms with Gasteiger partial charge in [-0.2, -0.15) is 0 Å². The van der Waals surface area contributed by atoms with Crippen molar-refractivity contribution in [3.63, 3.8) is 0 Å². The zero-order valence-electron chi connectivity index (χ0n) is 47.9. The third-order valence-electron chi connectivity index (χ3n) is 16.9. The predicted molar refractivity (Wildman–Crippen MR) is 284 cm³/mol. The molecule has 17 heteroatoms. The van der Waals surface area contributed by atoms with E-state index in [2.05, 4.69) is 126 Å². The molecule has 0 spiro atoms. The molecule has 3 saturated heterocycles. The number of carbonyl (C=O) groups excluding carboxylic acids is 1. The summed E-state index contributed by atoms with van der Waals surface area (Å²) >= 11 is 0. The average Bonchev–Trinajstić information content (AvgIpc) is 3.30. The molecule has 0 aromatic carbocycles. The highest BCUT2D eigenvalue weighted by atomic mass is 28.4. The number of cyclic esters (lactones) is 1. The molecular formula is C53H101NO13Si3. The van der Waals surface area contributed by atoms with Gasteiger partial charge in [0.2, 0.25) is 0 Å². The maximum absolute atomic E-state index is 14.1. The number of rotatable bonds is 12. The van der Waals surface area contributed by atoms with Crippen molar-refractivity contribution in [2.24, 2.45) is 11.8 Å². The van der Waals surface area contributed by atoms with Gasteiger partial charge in [-0.15, -0.1) is 0 Å². The lowest BCUT2D eigenvalue weighted by Gasteiger charge is -2.53. The number of methoxy groups -OCH3 is 1. The number of aliphatic hydroxyl groups excluding tert-OH is 1. The topological polar surface area (TPSA) is 153 Å². The molecular weight excluding hydrogens is 943 g/mol. The van der Waals surface area contributed by atoms with Crippen LogP contribution in [0.25, 0.3) is 0 Å². The van der Waals surface area contributed by atoms with E-state index in [9.17, 15) is 15.0 Å². The summed E-state index contributed by atoms with van der Waals surface area (Å²) in [5.41, 5.74) is -1.42. The van der Waals surface area contributed by atoms with Crippen LogP contribution in [0.5, 0.6) is 0 Å². The molecule has 1 unspecified atom stereocenters. The summed E-state index contributed by atoms with van der Waals surface area (Å²) in [5, 5.41) is 21.7. The Labute approximate surface area is 427 Å². The molecule has 3 fully saturated rings. The van der Waals surface area contributed by atoms with E-state index in [0.29, 0.717) is 19.3 Å². The Morgan fingerprint density at radius 2 is 1.29 bits per heavy atom. The second kappa shape index (κ2) is 23.6. The van der Waals surface area contributed by atoms with Gasteiger partial charge >= 0.3 is 5.97 Å². The molecule has 0 radical (unpaired) electrons. The fourth-order valence-corrected chi connectivity index (χ4v) is 13.2. The maximum atomic E-state index is 14.1. The highest BCUT2D eigenvalue weighted by molar-refractivity contribution is 6.75. The van der Waals surface area contributed by atoms with E-state index in [1.807, 2.05) is 40.1 Å². The van der Waals surface area contributed by atoms with Gasteiger partial charge in [0, 0.05) is 26.4 Å². The van der Waals surface area contributed by atoms with Crippen molar-refractivity contribution in [2.75, 3.05) is 21.2 Å². The molecule has 0 aromatic rings. The summed E-state index contributed by atoms with van der Waals surface area (Å²) in [6, 6.07) is -0.424. The Kier molecular flexibility index (Phi) is 20.8. The van der Waals surface area contributed by atoms with Crippen molar-refractivity contribution in [3.8, 4) is 0 Å². The van der Waals surface area contributed by atoms with Gasteiger partial charge in [0.1, 0.15) is 36.8 Å². The zero-order valence-corrected chi connectivity index (χ0v) is 50.9. The van der Waals surface area contributed by atoms with E-state index >= 15 is 0 Å². The summed E-state index contributed by atoms with van der Waals surface area (Å²) in [6.07, 6.45) is 1.07. The number of allylic oxidation sites excluding steroid dienone is 2. The monoisotopic (exact) mass is 1040 g/mol. The predicted octanol–water partition coefficient (Wildman–Crippen LogP) is 10.1. The van der Waals surface area contributed by atoms with Crippen molar-refractivity contribution in [3.05, 3.63) is 24.3 Å². The van der Waals surface area contributed by atoms with Crippen LogP contribution in [0.1, 0.15) is 129 Å². The number of fused-ring (bicyclic) bond motifs is 3. The first kappa shape index (κ1) is 61.7. The SMILES string of the molecule is CO[C@@H]1[C@@H](O[C@H]2O[C@@H](C)[C@H](O[C@@H]3C[C@](C)(O)[C@H](O)[C@@H](C)O3)[C@@H](N(C)C)[C@@H]2O[Si](C)(C)C(C)(C)C)[C@H]2CC(O[Si](C)(C)C(C)(C)C)O[C@@H]1CC(=O)O[C@H](C)C/C=C/C=C/[C@H](O[Si](C)(C)C(C)(C)C)[C@H](C)C2. The number of nitrogens with zero attached hydrogens (tertiary/aromatic N) is 1. The molecule has 17 atom stereocenters. The number of likely N-dealkylation sites (N-methyl/N-ethyl adjacent to an activating group) is 1. The number of aliphatic hydroxyl groups is 2. The summed E-state index contributed by atoms with van der Waals surface area (Å²) < 4.78 is 69.6.